The molecule has 1 unspecified atom stereocenters. The monoisotopic (exact) mass is 416 g/mol. The summed E-state index contributed by atoms with van der Waals surface area (Å²) in [7, 11) is -1.44. The third-order valence-corrected chi connectivity index (χ3v) is 6.04. The van der Waals surface area contributed by atoms with Crippen molar-refractivity contribution in [1.29, 1.82) is 0 Å². The van der Waals surface area contributed by atoms with Crippen LogP contribution in [0.5, 0.6) is 5.75 Å². The van der Waals surface area contributed by atoms with Gasteiger partial charge >= 0.3 is 0 Å². The van der Waals surface area contributed by atoms with Crippen LogP contribution in [0, 0.1) is 0 Å². The van der Waals surface area contributed by atoms with Gasteiger partial charge in [0.1, 0.15) is 5.75 Å². The predicted molar refractivity (Wildman–Crippen MR) is 114 cm³/mol. The Morgan fingerprint density at radius 2 is 1.69 bits per heavy atom. The maximum atomic E-state index is 12.6. The van der Waals surface area contributed by atoms with Crippen LogP contribution in [-0.4, -0.2) is 52.2 Å². The molecule has 29 heavy (non-hydrogen) atoms. The van der Waals surface area contributed by atoms with E-state index >= 15 is 0 Å². The number of hydrogen-bond acceptors (Lipinski definition) is 5. The summed E-state index contributed by atoms with van der Waals surface area (Å²) in [5.74, 6) is 0.629. The van der Waals surface area contributed by atoms with Gasteiger partial charge in [0.25, 0.3) is 5.91 Å². The van der Waals surface area contributed by atoms with Crippen molar-refractivity contribution < 1.29 is 17.9 Å². The number of carbonyl (C=O) groups is 1. The van der Waals surface area contributed by atoms with E-state index in [1.165, 1.54) is 19.1 Å². The number of likely N-dealkylation sites (tertiary alicyclic amines) is 1. The summed E-state index contributed by atoms with van der Waals surface area (Å²) in [5, 5.41) is 3.04. The molecule has 3 rings (SSSR count). The number of benzene rings is 2. The number of amides is 1. The average molecular weight is 417 g/mol. The highest BCUT2D eigenvalue weighted by molar-refractivity contribution is 7.89. The SMILES string of the molecule is COc1ccc(C(CNC(=O)c2ccc(CS(C)(=O)=O)cc2)N2CCCC2)cc1. The van der Waals surface area contributed by atoms with Crippen LogP contribution in [0.25, 0.3) is 0 Å². The zero-order valence-electron chi connectivity index (χ0n) is 16.9. The lowest BCUT2D eigenvalue weighted by Crippen LogP contribution is -2.36. The second kappa shape index (κ2) is 9.41. The van der Waals surface area contributed by atoms with Crippen LogP contribution in [0.4, 0.5) is 0 Å². The maximum absolute atomic E-state index is 12.6. The molecule has 7 heteroatoms. The van der Waals surface area contributed by atoms with Crippen molar-refractivity contribution in [2.75, 3.05) is 33.0 Å². The Morgan fingerprint density at radius 1 is 1.07 bits per heavy atom. The molecular formula is C22H28N2O4S. The van der Waals surface area contributed by atoms with Crippen molar-refractivity contribution in [3.63, 3.8) is 0 Å². The predicted octanol–water partition coefficient (Wildman–Crippen LogP) is 2.81. The molecule has 0 saturated carbocycles. The second-order valence-electron chi connectivity index (χ2n) is 7.51. The topological polar surface area (TPSA) is 75.7 Å². The van der Waals surface area contributed by atoms with E-state index in [4.69, 9.17) is 4.74 Å². The molecule has 1 N–H and O–H groups in total. The average Bonchev–Trinajstić information content (AvgIpc) is 3.22. The number of sulfone groups is 1. The molecule has 1 aliphatic rings. The van der Waals surface area contributed by atoms with E-state index in [9.17, 15) is 13.2 Å². The lowest BCUT2D eigenvalue weighted by atomic mass is 10.0. The van der Waals surface area contributed by atoms with E-state index in [0.717, 1.165) is 24.4 Å². The first kappa shape index (κ1) is 21.3. The summed E-state index contributed by atoms with van der Waals surface area (Å²) >= 11 is 0. The lowest BCUT2D eigenvalue weighted by molar-refractivity contribution is 0.0938. The van der Waals surface area contributed by atoms with Crippen molar-refractivity contribution in [3.8, 4) is 5.75 Å². The Hall–Kier alpha value is -2.38. The summed E-state index contributed by atoms with van der Waals surface area (Å²) in [6.07, 6.45) is 3.54. The summed E-state index contributed by atoms with van der Waals surface area (Å²) in [6, 6.07) is 14.8. The highest BCUT2D eigenvalue weighted by Crippen LogP contribution is 2.26. The lowest BCUT2D eigenvalue weighted by Gasteiger charge is -2.28. The molecule has 156 valence electrons. The van der Waals surface area contributed by atoms with E-state index in [-0.39, 0.29) is 17.7 Å². The first-order chi connectivity index (χ1) is 13.9. The van der Waals surface area contributed by atoms with E-state index in [1.54, 1.807) is 31.4 Å². The van der Waals surface area contributed by atoms with Gasteiger partial charge < -0.3 is 10.1 Å². The molecule has 0 spiro atoms. The molecule has 1 atom stereocenters. The molecule has 2 aromatic carbocycles. The third kappa shape index (κ3) is 6.05. The van der Waals surface area contributed by atoms with Gasteiger partial charge in [0.15, 0.2) is 9.84 Å². The Bertz CT molecular complexity index is 918. The van der Waals surface area contributed by atoms with E-state index < -0.39 is 9.84 Å². The van der Waals surface area contributed by atoms with Crippen molar-refractivity contribution >= 4 is 15.7 Å². The highest BCUT2D eigenvalue weighted by Gasteiger charge is 2.24. The van der Waals surface area contributed by atoms with Crippen molar-refractivity contribution in [2.45, 2.75) is 24.6 Å². The van der Waals surface area contributed by atoms with Gasteiger partial charge in [0.05, 0.1) is 18.9 Å². The number of hydrogen-bond donors (Lipinski definition) is 1. The summed E-state index contributed by atoms with van der Waals surface area (Å²) in [4.78, 5) is 15.0. The molecule has 6 nitrogen and oxygen atoms in total. The zero-order valence-corrected chi connectivity index (χ0v) is 17.7. The van der Waals surface area contributed by atoms with Crippen molar-refractivity contribution in [3.05, 3.63) is 65.2 Å². The van der Waals surface area contributed by atoms with Crippen LogP contribution in [0.1, 0.15) is 40.4 Å². The van der Waals surface area contributed by atoms with E-state index in [2.05, 4.69) is 10.2 Å². The van der Waals surface area contributed by atoms with Crippen LogP contribution in [-0.2, 0) is 15.6 Å². The minimum absolute atomic E-state index is 0.0244. The highest BCUT2D eigenvalue weighted by atomic mass is 32.2. The smallest absolute Gasteiger partial charge is 0.251 e. The van der Waals surface area contributed by atoms with Gasteiger partial charge in [0, 0.05) is 18.4 Å². The molecular weight excluding hydrogens is 388 g/mol. The molecule has 2 aromatic rings. The van der Waals surface area contributed by atoms with Crippen LogP contribution >= 0.6 is 0 Å². The largest absolute Gasteiger partial charge is 0.497 e. The Balaban J connectivity index is 1.67. The molecule has 0 bridgehead atoms. The molecule has 1 fully saturated rings. The standard InChI is InChI=1S/C22H28N2O4S/c1-28-20-11-9-18(10-12-20)21(24-13-3-4-14-24)15-23-22(25)19-7-5-17(6-8-19)16-29(2,26)27/h5-12,21H,3-4,13-16H2,1-2H3,(H,23,25). The fourth-order valence-electron chi connectivity index (χ4n) is 3.68. The Morgan fingerprint density at radius 3 is 2.24 bits per heavy atom. The van der Waals surface area contributed by atoms with Gasteiger partial charge in [-0.2, -0.15) is 0 Å². The minimum Gasteiger partial charge on any atom is -0.497 e. The van der Waals surface area contributed by atoms with Crippen LogP contribution in [0.15, 0.2) is 48.5 Å². The summed E-state index contributed by atoms with van der Waals surface area (Å²) in [5.41, 5.74) is 2.35. The van der Waals surface area contributed by atoms with Gasteiger partial charge in [-0.25, -0.2) is 8.42 Å². The number of rotatable bonds is 8. The maximum Gasteiger partial charge on any atom is 0.251 e. The molecule has 0 radical (unpaired) electrons. The first-order valence-electron chi connectivity index (χ1n) is 9.78. The normalized spacial score (nSPS) is 15.8. The molecule has 1 amide bonds. The fraction of sp³-hybridized carbons (Fsp3) is 0.409. The van der Waals surface area contributed by atoms with Crippen molar-refractivity contribution in [1.82, 2.24) is 10.2 Å². The molecule has 1 aliphatic heterocycles. The Kier molecular flexibility index (Phi) is 6.92. The quantitative estimate of drug-likeness (QED) is 0.716. The molecule has 1 heterocycles. The van der Waals surface area contributed by atoms with Crippen LogP contribution in [0.3, 0.4) is 0 Å². The van der Waals surface area contributed by atoms with Crippen LogP contribution in [0.2, 0.25) is 0 Å². The molecule has 1 saturated heterocycles. The van der Waals surface area contributed by atoms with Gasteiger partial charge in [-0.05, 0) is 61.3 Å². The van der Waals surface area contributed by atoms with E-state index in [1.807, 2.05) is 24.3 Å². The van der Waals surface area contributed by atoms with Gasteiger partial charge in [-0.3, -0.25) is 9.69 Å². The number of carbonyl (C=O) groups excluding carboxylic acids is 1. The third-order valence-electron chi connectivity index (χ3n) is 5.18. The van der Waals surface area contributed by atoms with Gasteiger partial charge in [-0.1, -0.05) is 24.3 Å². The van der Waals surface area contributed by atoms with Crippen molar-refractivity contribution in [2.24, 2.45) is 0 Å². The number of nitrogens with one attached hydrogen (secondary N) is 1. The molecule has 0 aliphatic carbocycles. The number of nitrogens with zero attached hydrogens (tertiary/aromatic N) is 1. The van der Waals surface area contributed by atoms with Gasteiger partial charge in [0.2, 0.25) is 0 Å². The molecule has 0 aromatic heterocycles. The number of ether oxygens (including phenoxy) is 1. The zero-order chi connectivity index (χ0) is 20.9. The minimum atomic E-state index is -3.09. The first-order valence-corrected chi connectivity index (χ1v) is 11.8. The Labute approximate surface area is 172 Å². The number of methoxy groups -OCH3 is 1. The summed E-state index contributed by atoms with van der Waals surface area (Å²) < 4.78 is 28.1. The van der Waals surface area contributed by atoms with Gasteiger partial charge in [-0.15, -0.1) is 0 Å². The second-order valence-corrected chi connectivity index (χ2v) is 9.65. The fourth-order valence-corrected chi connectivity index (χ4v) is 4.48. The van der Waals surface area contributed by atoms with E-state index in [0.29, 0.717) is 17.7 Å². The summed E-state index contributed by atoms with van der Waals surface area (Å²) in [6.45, 7) is 2.55. The van der Waals surface area contributed by atoms with Crippen LogP contribution < -0.4 is 10.1 Å².